The van der Waals surface area contributed by atoms with E-state index < -0.39 is 0 Å². The third-order valence-corrected chi connectivity index (χ3v) is 2.49. The Balaban J connectivity index is 0.00000324. The summed E-state index contributed by atoms with van der Waals surface area (Å²) in [5.74, 6) is 1.70. The first-order chi connectivity index (χ1) is 8.56. The molecule has 0 aliphatic heterocycles. The fourth-order valence-corrected chi connectivity index (χ4v) is 1.63. The molecule has 5 heteroatoms. The molecule has 0 spiro atoms. The van der Waals surface area contributed by atoms with Crippen LogP contribution in [0.3, 0.4) is 0 Å². The second kappa shape index (κ2) is 9.01. The standard InChI is InChI=1S/C14H23N3O.HI/c1-10(2)18-13-8-11(3)6-7-12(13)9-17-14(15-4)16-5;/h6-8,10H,9H2,1-5H3,(H2,15,16,17);1H. The number of nitrogens with one attached hydrogen (secondary N) is 2. The summed E-state index contributed by atoms with van der Waals surface area (Å²) in [7, 11) is 3.59. The lowest BCUT2D eigenvalue weighted by atomic mass is 10.1. The maximum atomic E-state index is 5.83. The van der Waals surface area contributed by atoms with E-state index >= 15 is 0 Å². The Bertz CT molecular complexity index is 419. The molecule has 0 saturated carbocycles. The van der Waals surface area contributed by atoms with E-state index in [2.05, 4.69) is 40.7 Å². The molecule has 1 aromatic carbocycles. The van der Waals surface area contributed by atoms with E-state index in [1.807, 2.05) is 20.9 Å². The van der Waals surface area contributed by atoms with Crippen LogP contribution in [0.5, 0.6) is 5.75 Å². The van der Waals surface area contributed by atoms with Crippen molar-refractivity contribution in [3.05, 3.63) is 29.3 Å². The molecule has 0 aromatic heterocycles. The number of aliphatic imine (C=N–C) groups is 1. The summed E-state index contributed by atoms with van der Waals surface area (Å²) in [6, 6.07) is 6.24. The number of halogens is 1. The minimum Gasteiger partial charge on any atom is -0.491 e. The molecule has 0 heterocycles. The molecule has 0 fully saturated rings. The Labute approximate surface area is 133 Å². The lowest BCUT2D eigenvalue weighted by Gasteiger charge is -2.16. The number of hydrogen-bond donors (Lipinski definition) is 2. The molecule has 0 atom stereocenters. The van der Waals surface area contributed by atoms with Crippen molar-refractivity contribution >= 4 is 29.9 Å². The van der Waals surface area contributed by atoms with Crippen LogP contribution in [0.4, 0.5) is 0 Å². The van der Waals surface area contributed by atoms with Crippen LogP contribution < -0.4 is 15.4 Å². The first-order valence-electron chi connectivity index (χ1n) is 6.21. The average Bonchev–Trinajstić information content (AvgIpc) is 2.32. The molecule has 0 aliphatic carbocycles. The van der Waals surface area contributed by atoms with Crippen molar-refractivity contribution in [1.29, 1.82) is 0 Å². The van der Waals surface area contributed by atoms with E-state index in [1.54, 1.807) is 7.05 Å². The van der Waals surface area contributed by atoms with Gasteiger partial charge in [-0.25, -0.2) is 0 Å². The van der Waals surface area contributed by atoms with Crippen LogP contribution in [0.2, 0.25) is 0 Å². The van der Waals surface area contributed by atoms with Gasteiger partial charge in [0.25, 0.3) is 0 Å². The highest BCUT2D eigenvalue weighted by atomic mass is 127. The summed E-state index contributed by atoms with van der Waals surface area (Å²) in [5.41, 5.74) is 2.33. The van der Waals surface area contributed by atoms with Crippen molar-refractivity contribution in [2.24, 2.45) is 4.99 Å². The van der Waals surface area contributed by atoms with E-state index in [9.17, 15) is 0 Å². The number of ether oxygens (including phenoxy) is 1. The normalized spacial score (nSPS) is 10.9. The Morgan fingerprint density at radius 1 is 1.37 bits per heavy atom. The largest absolute Gasteiger partial charge is 0.491 e. The number of benzene rings is 1. The smallest absolute Gasteiger partial charge is 0.190 e. The summed E-state index contributed by atoms with van der Waals surface area (Å²) < 4.78 is 5.83. The van der Waals surface area contributed by atoms with Crippen molar-refractivity contribution in [3.63, 3.8) is 0 Å². The zero-order valence-corrected chi connectivity index (χ0v) is 14.6. The monoisotopic (exact) mass is 377 g/mol. The second-order valence-electron chi connectivity index (χ2n) is 4.45. The Hall–Kier alpha value is -0.980. The van der Waals surface area contributed by atoms with Crippen LogP contribution in [-0.2, 0) is 6.54 Å². The molecule has 4 nitrogen and oxygen atoms in total. The SMILES string of the molecule is CN=C(NC)NCc1ccc(C)cc1OC(C)C.I. The van der Waals surface area contributed by atoms with Gasteiger partial charge in [0, 0.05) is 26.2 Å². The first-order valence-corrected chi connectivity index (χ1v) is 6.21. The maximum Gasteiger partial charge on any atom is 0.190 e. The molecule has 0 bridgehead atoms. The zero-order valence-electron chi connectivity index (χ0n) is 12.3. The van der Waals surface area contributed by atoms with Gasteiger partial charge < -0.3 is 15.4 Å². The fourth-order valence-electron chi connectivity index (χ4n) is 1.63. The molecule has 108 valence electrons. The molecule has 1 aromatic rings. The lowest BCUT2D eigenvalue weighted by Crippen LogP contribution is -2.34. The van der Waals surface area contributed by atoms with Gasteiger partial charge in [0.05, 0.1) is 6.10 Å². The highest BCUT2D eigenvalue weighted by Gasteiger charge is 2.06. The molecule has 0 radical (unpaired) electrons. The Kier molecular flexibility index (Phi) is 8.54. The van der Waals surface area contributed by atoms with Gasteiger partial charge in [-0.15, -0.1) is 24.0 Å². The van der Waals surface area contributed by atoms with Gasteiger partial charge in [0.15, 0.2) is 5.96 Å². The van der Waals surface area contributed by atoms with Crippen molar-refractivity contribution < 1.29 is 4.74 Å². The van der Waals surface area contributed by atoms with Gasteiger partial charge in [-0.05, 0) is 32.4 Å². The van der Waals surface area contributed by atoms with Crippen LogP contribution in [0.1, 0.15) is 25.0 Å². The van der Waals surface area contributed by atoms with Crippen molar-refractivity contribution in [3.8, 4) is 5.75 Å². The first kappa shape index (κ1) is 18.0. The van der Waals surface area contributed by atoms with E-state index in [-0.39, 0.29) is 30.1 Å². The lowest BCUT2D eigenvalue weighted by molar-refractivity contribution is 0.239. The molecule has 2 N–H and O–H groups in total. The molecular formula is C14H24IN3O. The van der Waals surface area contributed by atoms with Gasteiger partial charge in [0.2, 0.25) is 0 Å². The van der Waals surface area contributed by atoms with Gasteiger partial charge in [-0.1, -0.05) is 12.1 Å². The quantitative estimate of drug-likeness (QED) is 0.482. The van der Waals surface area contributed by atoms with Crippen LogP contribution in [-0.4, -0.2) is 26.2 Å². The van der Waals surface area contributed by atoms with E-state index in [0.29, 0.717) is 6.54 Å². The summed E-state index contributed by atoms with van der Waals surface area (Å²) in [4.78, 5) is 4.08. The number of hydrogen-bond acceptors (Lipinski definition) is 2. The number of aryl methyl sites for hydroxylation is 1. The van der Waals surface area contributed by atoms with E-state index in [0.717, 1.165) is 17.3 Å². The van der Waals surface area contributed by atoms with E-state index in [1.165, 1.54) is 5.56 Å². The van der Waals surface area contributed by atoms with Crippen molar-refractivity contribution in [1.82, 2.24) is 10.6 Å². The summed E-state index contributed by atoms with van der Waals surface area (Å²) in [6.07, 6.45) is 0.175. The number of rotatable bonds is 4. The predicted octanol–water partition coefficient (Wildman–Crippen LogP) is 2.70. The summed E-state index contributed by atoms with van der Waals surface area (Å²) in [5, 5.41) is 6.22. The second-order valence-corrected chi connectivity index (χ2v) is 4.45. The third-order valence-electron chi connectivity index (χ3n) is 2.49. The zero-order chi connectivity index (χ0) is 13.5. The van der Waals surface area contributed by atoms with Gasteiger partial charge in [-0.3, -0.25) is 4.99 Å². The highest BCUT2D eigenvalue weighted by molar-refractivity contribution is 14.0. The molecule has 0 amide bonds. The molecule has 1 rings (SSSR count). The van der Waals surface area contributed by atoms with Gasteiger partial charge in [0.1, 0.15) is 5.75 Å². The molecular weight excluding hydrogens is 353 g/mol. The van der Waals surface area contributed by atoms with Crippen molar-refractivity contribution in [2.75, 3.05) is 14.1 Å². The molecule has 19 heavy (non-hydrogen) atoms. The predicted molar refractivity (Wildman–Crippen MR) is 91.6 cm³/mol. The molecule has 0 aliphatic rings. The van der Waals surface area contributed by atoms with E-state index in [4.69, 9.17) is 4.74 Å². The average molecular weight is 377 g/mol. The minimum absolute atomic E-state index is 0. The molecule has 0 unspecified atom stereocenters. The number of guanidine groups is 1. The van der Waals surface area contributed by atoms with Crippen LogP contribution in [0, 0.1) is 6.92 Å². The van der Waals surface area contributed by atoms with Crippen LogP contribution in [0.25, 0.3) is 0 Å². The van der Waals surface area contributed by atoms with Crippen LogP contribution >= 0.6 is 24.0 Å². The highest BCUT2D eigenvalue weighted by Crippen LogP contribution is 2.21. The van der Waals surface area contributed by atoms with Crippen molar-refractivity contribution in [2.45, 2.75) is 33.4 Å². The number of nitrogens with zero attached hydrogens (tertiary/aromatic N) is 1. The fraction of sp³-hybridized carbons (Fsp3) is 0.500. The molecule has 0 saturated heterocycles. The summed E-state index contributed by atoms with van der Waals surface area (Å²) in [6.45, 7) is 6.82. The topological polar surface area (TPSA) is 45.7 Å². The maximum absolute atomic E-state index is 5.83. The Morgan fingerprint density at radius 2 is 2.05 bits per heavy atom. The minimum atomic E-state index is 0. The van der Waals surface area contributed by atoms with Gasteiger partial charge >= 0.3 is 0 Å². The summed E-state index contributed by atoms with van der Waals surface area (Å²) >= 11 is 0. The Morgan fingerprint density at radius 3 is 2.58 bits per heavy atom. The third kappa shape index (κ3) is 6.13. The van der Waals surface area contributed by atoms with Gasteiger partial charge in [-0.2, -0.15) is 0 Å². The van der Waals surface area contributed by atoms with Crippen LogP contribution in [0.15, 0.2) is 23.2 Å².